The molecule has 0 spiro atoms. The van der Waals surface area contributed by atoms with Crippen molar-refractivity contribution in [1.82, 2.24) is 0 Å². The number of amides is 1. The lowest BCUT2D eigenvalue weighted by molar-refractivity contribution is -0.675. The molecule has 144 valence electrons. The lowest BCUT2D eigenvalue weighted by atomic mass is 10.1. The summed E-state index contributed by atoms with van der Waals surface area (Å²) in [7, 11) is 0. The average Bonchev–Trinajstić information content (AvgIpc) is 3.13. The molecular weight excluding hydrogens is 360 g/mol. The first-order valence-electron chi connectivity index (χ1n) is 9.67. The molecule has 1 heterocycles. The summed E-state index contributed by atoms with van der Waals surface area (Å²) in [5.41, 5.74) is 5.28. The monoisotopic (exact) mass is 383 g/mol. The van der Waals surface area contributed by atoms with Gasteiger partial charge in [0.15, 0.2) is 5.70 Å². The minimum atomic E-state index is -0.116. The first-order chi connectivity index (χ1) is 14.1. The zero-order chi connectivity index (χ0) is 20.4. The minimum absolute atomic E-state index is 0.116. The maximum absolute atomic E-state index is 12.4. The van der Waals surface area contributed by atoms with Gasteiger partial charge in [-0.25, -0.2) is 0 Å². The predicted octanol–water partition coefficient (Wildman–Crippen LogP) is 5.43. The number of aryl methyl sites for hydroxylation is 1. The van der Waals surface area contributed by atoms with Crippen LogP contribution in [-0.4, -0.2) is 5.91 Å². The lowest BCUT2D eigenvalue weighted by Crippen LogP contribution is -2.38. The van der Waals surface area contributed by atoms with Gasteiger partial charge < -0.3 is 4.42 Å². The standard InChI is InChI=1S/C25H23N2O2/c1-4-26-23-17-21(20-11-7-5-8-12-20)15-16-24(23)29-25(26)18(2)27(19(3)28)22-13-9-6-10-14-22/h5-17H,2,4H2,1,3H3/q+1. The molecule has 4 rings (SSSR count). The van der Waals surface area contributed by atoms with Gasteiger partial charge in [0.25, 0.3) is 5.52 Å². The third-order valence-electron chi connectivity index (χ3n) is 4.97. The van der Waals surface area contributed by atoms with E-state index in [4.69, 9.17) is 4.42 Å². The van der Waals surface area contributed by atoms with E-state index >= 15 is 0 Å². The molecule has 0 fully saturated rings. The van der Waals surface area contributed by atoms with Crippen LogP contribution < -0.4 is 9.47 Å². The molecular formula is C25H23N2O2+. The van der Waals surface area contributed by atoms with E-state index in [2.05, 4.69) is 36.3 Å². The van der Waals surface area contributed by atoms with Crippen LogP contribution in [0.1, 0.15) is 19.7 Å². The van der Waals surface area contributed by atoms with Crippen LogP contribution in [0.3, 0.4) is 0 Å². The molecule has 0 bridgehead atoms. The highest BCUT2D eigenvalue weighted by Gasteiger charge is 2.30. The molecule has 0 atom stereocenters. The van der Waals surface area contributed by atoms with Crippen LogP contribution >= 0.6 is 0 Å². The van der Waals surface area contributed by atoms with E-state index in [1.54, 1.807) is 4.90 Å². The first kappa shape index (κ1) is 18.7. The van der Waals surface area contributed by atoms with Gasteiger partial charge >= 0.3 is 5.89 Å². The van der Waals surface area contributed by atoms with Crippen molar-refractivity contribution in [3.63, 3.8) is 0 Å². The number of aromatic nitrogens is 1. The van der Waals surface area contributed by atoms with Gasteiger partial charge in [0.2, 0.25) is 11.5 Å². The van der Waals surface area contributed by atoms with Crippen LogP contribution in [-0.2, 0) is 11.3 Å². The summed E-state index contributed by atoms with van der Waals surface area (Å²) < 4.78 is 8.22. The van der Waals surface area contributed by atoms with Gasteiger partial charge in [-0.1, -0.05) is 61.2 Å². The second kappa shape index (κ2) is 7.76. The van der Waals surface area contributed by atoms with E-state index in [0.717, 1.165) is 27.9 Å². The Morgan fingerprint density at radius 2 is 1.62 bits per heavy atom. The van der Waals surface area contributed by atoms with Crippen LogP contribution in [0.4, 0.5) is 5.69 Å². The minimum Gasteiger partial charge on any atom is -0.396 e. The SMILES string of the molecule is C=C(c1oc2ccc(-c3ccccc3)cc2[n+]1CC)N(C(C)=O)c1ccccc1. The maximum atomic E-state index is 12.4. The fourth-order valence-electron chi connectivity index (χ4n) is 3.62. The average molecular weight is 383 g/mol. The summed E-state index contributed by atoms with van der Waals surface area (Å²) in [5.74, 6) is 0.459. The predicted molar refractivity (Wildman–Crippen MR) is 116 cm³/mol. The molecule has 3 aromatic carbocycles. The summed E-state index contributed by atoms with van der Waals surface area (Å²) in [6, 6.07) is 25.9. The molecule has 0 N–H and O–H groups in total. The van der Waals surface area contributed by atoms with E-state index in [9.17, 15) is 4.79 Å². The smallest absolute Gasteiger partial charge is 0.396 e. The molecule has 1 aromatic heterocycles. The largest absolute Gasteiger partial charge is 0.398 e. The molecule has 4 nitrogen and oxygen atoms in total. The molecule has 1 amide bonds. The number of oxazole rings is 1. The van der Waals surface area contributed by atoms with Gasteiger partial charge in [0.1, 0.15) is 6.54 Å². The highest BCUT2D eigenvalue weighted by molar-refractivity contribution is 6.03. The third kappa shape index (κ3) is 3.45. The van der Waals surface area contributed by atoms with Crippen LogP contribution in [0.2, 0.25) is 0 Å². The van der Waals surface area contributed by atoms with Crippen LogP contribution in [0.5, 0.6) is 0 Å². The Morgan fingerprint density at radius 3 is 2.24 bits per heavy atom. The molecule has 0 saturated heterocycles. The maximum Gasteiger partial charge on any atom is 0.398 e. The highest BCUT2D eigenvalue weighted by Crippen LogP contribution is 2.29. The summed E-state index contributed by atoms with van der Waals surface area (Å²) in [4.78, 5) is 14.0. The van der Waals surface area contributed by atoms with Gasteiger partial charge in [-0.15, -0.1) is 0 Å². The van der Waals surface area contributed by atoms with Crippen molar-refractivity contribution in [1.29, 1.82) is 0 Å². The normalized spacial score (nSPS) is 10.8. The van der Waals surface area contributed by atoms with Crippen LogP contribution in [0.25, 0.3) is 27.9 Å². The molecule has 0 radical (unpaired) electrons. The van der Waals surface area contributed by atoms with Crippen molar-refractivity contribution < 1.29 is 13.8 Å². The van der Waals surface area contributed by atoms with E-state index in [-0.39, 0.29) is 5.91 Å². The number of para-hydroxylation sites is 1. The Morgan fingerprint density at radius 1 is 0.966 bits per heavy atom. The number of fused-ring (bicyclic) bond motifs is 1. The first-order valence-corrected chi connectivity index (χ1v) is 9.67. The number of hydrogen-bond donors (Lipinski definition) is 0. The second-order valence-electron chi connectivity index (χ2n) is 6.84. The topological polar surface area (TPSA) is 37.3 Å². The fourth-order valence-corrected chi connectivity index (χ4v) is 3.62. The van der Waals surface area contributed by atoms with Crippen molar-refractivity contribution in [3.05, 3.63) is 91.3 Å². The summed E-state index contributed by atoms with van der Waals surface area (Å²) >= 11 is 0. The van der Waals surface area contributed by atoms with Crippen LogP contribution in [0.15, 0.2) is 89.9 Å². The van der Waals surface area contributed by atoms with Gasteiger partial charge in [-0.3, -0.25) is 9.69 Å². The lowest BCUT2D eigenvalue weighted by Gasteiger charge is -2.20. The zero-order valence-corrected chi connectivity index (χ0v) is 16.6. The molecule has 29 heavy (non-hydrogen) atoms. The molecule has 0 aliphatic heterocycles. The Labute approximate surface area is 170 Å². The number of carbonyl (C=O) groups excluding carboxylic acids is 1. The number of nitrogens with zero attached hydrogens (tertiary/aromatic N) is 2. The Bertz CT molecular complexity index is 1180. The Hall–Kier alpha value is -3.66. The molecule has 4 heteroatoms. The number of carbonyl (C=O) groups is 1. The number of benzene rings is 3. The highest BCUT2D eigenvalue weighted by atomic mass is 16.4. The number of hydrogen-bond acceptors (Lipinski definition) is 2. The second-order valence-corrected chi connectivity index (χ2v) is 6.84. The fraction of sp³-hybridized carbons (Fsp3) is 0.120. The zero-order valence-electron chi connectivity index (χ0n) is 16.6. The van der Waals surface area contributed by atoms with Gasteiger partial charge in [0.05, 0.1) is 0 Å². The summed E-state index contributed by atoms with van der Waals surface area (Å²) in [5, 5.41) is 0. The van der Waals surface area contributed by atoms with Crippen LogP contribution in [0, 0.1) is 0 Å². The number of rotatable bonds is 5. The van der Waals surface area contributed by atoms with Crippen molar-refractivity contribution in [2.24, 2.45) is 0 Å². The van der Waals surface area contributed by atoms with E-state index < -0.39 is 0 Å². The molecule has 0 aliphatic rings. The quantitative estimate of drug-likeness (QED) is 0.431. The third-order valence-corrected chi connectivity index (χ3v) is 4.97. The van der Waals surface area contributed by atoms with E-state index in [1.165, 1.54) is 6.92 Å². The molecule has 0 saturated carbocycles. The van der Waals surface area contributed by atoms with Crippen molar-refractivity contribution >= 4 is 28.4 Å². The Balaban J connectivity index is 1.83. The molecule has 0 unspecified atom stereocenters. The Kier molecular flexibility index (Phi) is 5.00. The van der Waals surface area contributed by atoms with Gasteiger partial charge in [-0.2, -0.15) is 4.57 Å². The number of anilines is 1. The summed E-state index contributed by atoms with van der Waals surface area (Å²) in [6.07, 6.45) is 0. The van der Waals surface area contributed by atoms with E-state index in [0.29, 0.717) is 18.1 Å². The van der Waals surface area contributed by atoms with Crippen molar-refractivity contribution in [3.8, 4) is 11.1 Å². The van der Waals surface area contributed by atoms with Crippen molar-refractivity contribution in [2.75, 3.05) is 4.90 Å². The summed E-state index contributed by atoms with van der Waals surface area (Å²) in [6.45, 7) is 8.48. The molecule has 4 aromatic rings. The van der Waals surface area contributed by atoms with E-state index in [1.807, 2.05) is 60.7 Å². The molecule has 0 aliphatic carbocycles. The van der Waals surface area contributed by atoms with Gasteiger partial charge in [-0.05, 0) is 36.2 Å². The van der Waals surface area contributed by atoms with Crippen molar-refractivity contribution in [2.45, 2.75) is 20.4 Å². The van der Waals surface area contributed by atoms with Gasteiger partial charge in [0, 0.05) is 18.7 Å².